The van der Waals surface area contributed by atoms with E-state index in [0.29, 0.717) is 0 Å². The lowest BCUT2D eigenvalue weighted by Gasteiger charge is -2.37. The molecule has 3 heterocycles. The van der Waals surface area contributed by atoms with Gasteiger partial charge in [-0.1, -0.05) is 54.6 Å². The second kappa shape index (κ2) is 7.72. The molecule has 0 aliphatic carbocycles. The van der Waals surface area contributed by atoms with Crippen molar-refractivity contribution in [2.45, 2.75) is 31.8 Å². The van der Waals surface area contributed by atoms with E-state index in [0.717, 1.165) is 44.2 Å². The number of hydrogen-bond acceptors (Lipinski definition) is 4. The predicted octanol–water partition coefficient (Wildman–Crippen LogP) is 4.22. The number of rotatable bonds is 4. The van der Waals surface area contributed by atoms with Gasteiger partial charge in [0.25, 0.3) is 0 Å². The van der Waals surface area contributed by atoms with Crippen molar-refractivity contribution in [1.82, 2.24) is 14.9 Å². The van der Waals surface area contributed by atoms with Gasteiger partial charge in [-0.2, -0.15) is 0 Å². The van der Waals surface area contributed by atoms with Gasteiger partial charge in [-0.05, 0) is 42.0 Å². The summed E-state index contributed by atoms with van der Waals surface area (Å²) in [5.41, 5.74) is 5.35. The van der Waals surface area contributed by atoms with E-state index < -0.39 is 0 Å². The lowest BCUT2D eigenvalue weighted by molar-refractivity contribution is 0.202. The summed E-state index contributed by atoms with van der Waals surface area (Å²) in [7, 11) is 0. The third-order valence-corrected chi connectivity index (χ3v) is 5.95. The average Bonchev–Trinajstić information content (AvgIpc) is 3.29. The zero-order valence-corrected chi connectivity index (χ0v) is 16.2. The molecule has 1 atom stereocenters. The van der Waals surface area contributed by atoms with E-state index in [2.05, 4.69) is 75.4 Å². The lowest BCUT2D eigenvalue weighted by Crippen LogP contribution is -2.36. The van der Waals surface area contributed by atoms with Crippen LogP contribution in [-0.2, 0) is 13.0 Å². The van der Waals surface area contributed by atoms with Gasteiger partial charge in [0.1, 0.15) is 0 Å². The number of benzene rings is 2. The van der Waals surface area contributed by atoms with Crippen LogP contribution in [0.3, 0.4) is 0 Å². The predicted molar refractivity (Wildman–Crippen MR) is 112 cm³/mol. The summed E-state index contributed by atoms with van der Waals surface area (Å²) in [5, 5.41) is 0. The molecule has 2 aromatic carbocycles. The molecule has 2 aliphatic rings. The van der Waals surface area contributed by atoms with Gasteiger partial charge < -0.3 is 4.90 Å². The molecule has 0 amide bonds. The highest BCUT2D eigenvalue weighted by Gasteiger charge is 2.29. The van der Waals surface area contributed by atoms with Gasteiger partial charge in [0.05, 0.1) is 11.7 Å². The molecule has 1 aromatic heterocycles. The van der Waals surface area contributed by atoms with Crippen LogP contribution in [0.4, 0.5) is 5.95 Å². The Morgan fingerprint density at radius 1 is 0.857 bits per heavy atom. The first-order chi connectivity index (χ1) is 13.9. The third kappa shape index (κ3) is 3.40. The van der Waals surface area contributed by atoms with Crippen molar-refractivity contribution in [2.75, 3.05) is 24.5 Å². The molecule has 1 fully saturated rings. The largest absolute Gasteiger partial charge is 0.341 e. The molecule has 0 saturated carbocycles. The van der Waals surface area contributed by atoms with Gasteiger partial charge in [0, 0.05) is 32.4 Å². The Labute approximate surface area is 166 Å². The highest BCUT2D eigenvalue weighted by atomic mass is 15.3. The van der Waals surface area contributed by atoms with Crippen molar-refractivity contribution in [3.63, 3.8) is 0 Å². The molecule has 4 heteroatoms. The van der Waals surface area contributed by atoms with E-state index >= 15 is 0 Å². The van der Waals surface area contributed by atoms with Crippen molar-refractivity contribution < 1.29 is 0 Å². The minimum atomic E-state index is 0.274. The molecule has 3 aromatic rings. The molecule has 28 heavy (non-hydrogen) atoms. The summed E-state index contributed by atoms with van der Waals surface area (Å²) in [4.78, 5) is 14.3. The smallest absolute Gasteiger partial charge is 0.225 e. The topological polar surface area (TPSA) is 32.3 Å². The second-order valence-electron chi connectivity index (χ2n) is 7.77. The number of nitrogens with zero attached hydrogens (tertiary/aromatic N) is 4. The average molecular weight is 371 g/mol. The monoisotopic (exact) mass is 370 g/mol. The van der Waals surface area contributed by atoms with Crippen LogP contribution >= 0.6 is 0 Å². The summed E-state index contributed by atoms with van der Waals surface area (Å²) in [6.45, 7) is 4.04. The Bertz CT molecular complexity index is 934. The summed E-state index contributed by atoms with van der Waals surface area (Å²) < 4.78 is 0. The molecule has 0 bridgehead atoms. The Morgan fingerprint density at radius 3 is 2.50 bits per heavy atom. The van der Waals surface area contributed by atoms with Gasteiger partial charge in [0.2, 0.25) is 5.95 Å². The van der Waals surface area contributed by atoms with Gasteiger partial charge in [-0.15, -0.1) is 0 Å². The molecule has 4 nitrogen and oxygen atoms in total. The fraction of sp³-hybridized carbons (Fsp3) is 0.333. The van der Waals surface area contributed by atoms with Crippen LogP contribution in [-0.4, -0.2) is 34.5 Å². The van der Waals surface area contributed by atoms with Crippen molar-refractivity contribution >= 4 is 5.95 Å². The first-order valence-corrected chi connectivity index (χ1v) is 10.3. The van der Waals surface area contributed by atoms with E-state index in [1.807, 2.05) is 6.20 Å². The maximum atomic E-state index is 4.91. The summed E-state index contributed by atoms with van der Waals surface area (Å²) >= 11 is 0. The lowest BCUT2D eigenvalue weighted by atomic mass is 9.88. The molecule has 0 N–H and O–H groups in total. The number of aromatic nitrogens is 2. The molecular formula is C24H26N4. The molecule has 142 valence electrons. The fourth-order valence-electron chi connectivity index (χ4n) is 4.56. The van der Waals surface area contributed by atoms with Crippen LogP contribution in [0.5, 0.6) is 0 Å². The highest BCUT2D eigenvalue weighted by Crippen LogP contribution is 2.35. The van der Waals surface area contributed by atoms with Gasteiger partial charge in [-0.3, -0.25) is 4.90 Å². The third-order valence-electron chi connectivity index (χ3n) is 5.95. The Hall–Kier alpha value is -2.72. The van der Waals surface area contributed by atoms with E-state index in [1.165, 1.54) is 29.5 Å². The molecular weight excluding hydrogens is 344 g/mol. The number of anilines is 1. The van der Waals surface area contributed by atoms with Crippen LogP contribution < -0.4 is 4.90 Å². The van der Waals surface area contributed by atoms with E-state index in [9.17, 15) is 0 Å². The van der Waals surface area contributed by atoms with Crippen LogP contribution in [0, 0.1) is 0 Å². The molecule has 5 rings (SSSR count). The SMILES string of the molecule is c1ccc(C2c3ccccc3CCN2Cc2ccnc(N3CCCC3)n2)cc1. The summed E-state index contributed by atoms with van der Waals surface area (Å²) in [6.07, 6.45) is 5.49. The van der Waals surface area contributed by atoms with Crippen molar-refractivity contribution in [3.05, 3.63) is 89.2 Å². The van der Waals surface area contributed by atoms with Crippen LogP contribution in [0.15, 0.2) is 66.9 Å². The molecule has 0 radical (unpaired) electrons. The fourth-order valence-corrected chi connectivity index (χ4v) is 4.56. The van der Waals surface area contributed by atoms with Gasteiger partial charge in [-0.25, -0.2) is 9.97 Å². The first-order valence-electron chi connectivity index (χ1n) is 10.3. The van der Waals surface area contributed by atoms with E-state index in [4.69, 9.17) is 4.98 Å². The molecule has 2 aliphatic heterocycles. The quantitative estimate of drug-likeness (QED) is 0.688. The maximum absolute atomic E-state index is 4.91. The minimum absolute atomic E-state index is 0.274. The number of hydrogen-bond donors (Lipinski definition) is 0. The van der Waals surface area contributed by atoms with Crippen molar-refractivity contribution in [2.24, 2.45) is 0 Å². The first kappa shape index (κ1) is 17.4. The zero-order chi connectivity index (χ0) is 18.8. The Morgan fingerprint density at radius 2 is 1.64 bits per heavy atom. The maximum Gasteiger partial charge on any atom is 0.225 e. The Balaban J connectivity index is 1.46. The van der Waals surface area contributed by atoms with Gasteiger partial charge in [0.15, 0.2) is 0 Å². The molecule has 0 spiro atoms. The van der Waals surface area contributed by atoms with Crippen LogP contribution in [0.2, 0.25) is 0 Å². The number of fused-ring (bicyclic) bond motifs is 1. The van der Waals surface area contributed by atoms with E-state index in [1.54, 1.807) is 0 Å². The van der Waals surface area contributed by atoms with Gasteiger partial charge >= 0.3 is 0 Å². The normalized spacial score (nSPS) is 19.6. The summed E-state index contributed by atoms with van der Waals surface area (Å²) in [5.74, 6) is 0.892. The zero-order valence-electron chi connectivity index (χ0n) is 16.2. The van der Waals surface area contributed by atoms with Crippen LogP contribution in [0.25, 0.3) is 0 Å². The van der Waals surface area contributed by atoms with E-state index in [-0.39, 0.29) is 6.04 Å². The second-order valence-corrected chi connectivity index (χ2v) is 7.77. The van der Waals surface area contributed by atoms with Crippen molar-refractivity contribution in [3.8, 4) is 0 Å². The highest BCUT2D eigenvalue weighted by molar-refractivity contribution is 5.40. The Kier molecular flexibility index (Phi) is 4.79. The van der Waals surface area contributed by atoms with Crippen molar-refractivity contribution in [1.29, 1.82) is 0 Å². The minimum Gasteiger partial charge on any atom is -0.341 e. The standard InChI is InChI=1S/C24H26N4/c1-2-9-20(10-3-1)23-22-11-5-4-8-19(22)13-17-28(23)18-21-12-14-25-24(26-21)27-15-6-7-16-27/h1-5,8-12,14,23H,6-7,13,15-18H2. The summed E-state index contributed by atoms with van der Waals surface area (Å²) in [6, 6.07) is 22.1. The molecule has 1 unspecified atom stereocenters. The van der Waals surface area contributed by atoms with Crippen LogP contribution in [0.1, 0.15) is 41.3 Å². The molecule has 1 saturated heterocycles.